The van der Waals surface area contributed by atoms with Crippen molar-refractivity contribution in [3.05, 3.63) is 35.4 Å². The second-order valence-corrected chi connectivity index (χ2v) is 7.65. The van der Waals surface area contributed by atoms with E-state index in [0.717, 1.165) is 41.7 Å². The summed E-state index contributed by atoms with van der Waals surface area (Å²) in [5.41, 5.74) is 0.686. The Kier molecular flexibility index (Phi) is 4.56. The molecule has 0 unspecified atom stereocenters. The van der Waals surface area contributed by atoms with Gasteiger partial charge in [0.15, 0.2) is 6.10 Å². The van der Waals surface area contributed by atoms with Crippen LogP contribution < -0.4 is 10.6 Å². The van der Waals surface area contributed by atoms with E-state index in [0.29, 0.717) is 6.42 Å². The molecule has 1 heterocycles. The predicted octanol–water partition coefficient (Wildman–Crippen LogP) is 0.980. The third-order valence-electron chi connectivity index (χ3n) is 5.54. The molecule has 1 aromatic rings. The van der Waals surface area contributed by atoms with Gasteiger partial charge in [-0.25, -0.2) is 4.79 Å². The van der Waals surface area contributed by atoms with E-state index in [1.807, 2.05) is 24.3 Å². The molecule has 0 aromatic heterocycles. The van der Waals surface area contributed by atoms with Crippen molar-refractivity contribution >= 4 is 23.8 Å². The highest BCUT2D eigenvalue weighted by Gasteiger charge is 2.54. The number of carbonyl (C=O) groups is 4. The molecule has 1 saturated heterocycles. The van der Waals surface area contributed by atoms with Crippen molar-refractivity contribution in [2.45, 2.75) is 56.7 Å². The molecule has 2 fully saturated rings. The van der Waals surface area contributed by atoms with Crippen LogP contribution in [0.1, 0.15) is 43.7 Å². The minimum Gasteiger partial charge on any atom is -0.451 e. The molecule has 28 heavy (non-hydrogen) atoms. The van der Waals surface area contributed by atoms with Gasteiger partial charge in [-0.3, -0.25) is 19.3 Å². The Labute approximate surface area is 162 Å². The van der Waals surface area contributed by atoms with Gasteiger partial charge in [-0.2, -0.15) is 0 Å². The fourth-order valence-electron chi connectivity index (χ4n) is 3.92. The number of nitrogens with zero attached hydrogens (tertiary/aromatic N) is 1. The van der Waals surface area contributed by atoms with Crippen LogP contribution in [0, 0.1) is 0 Å². The molecular formula is C20H23N3O5. The third-order valence-corrected chi connectivity index (χ3v) is 5.54. The molecule has 0 bridgehead atoms. The first-order valence-electron chi connectivity index (χ1n) is 9.63. The summed E-state index contributed by atoms with van der Waals surface area (Å²) in [6.45, 7) is 0.954. The van der Waals surface area contributed by atoms with E-state index in [1.165, 1.54) is 6.92 Å². The maximum absolute atomic E-state index is 13.1. The van der Waals surface area contributed by atoms with Gasteiger partial charge in [-0.05, 0) is 50.2 Å². The molecule has 8 heteroatoms. The first-order valence-corrected chi connectivity index (χ1v) is 9.63. The van der Waals surface area contributed by atoms with Crippen molar-refractivity contribution in [3.63, 3.8) is 0 Å². The van der Waals surface area contributed by atoms with E-state index < -0.39 is 36.1 Å². The molecule has 2 N–H and O–H groups in total. The Bertz CT molecular complexity index is 850. The highest BCUT2D eigenvalue weighted by molar-refractivity contribution is 6.09. The molecule has 1 spiro atoms. The van der Waals surface area contributed by atoms with Crippen LogP contribution in [0.3, 0.4) is 0 Å². The highest BCUT2D eigenvalue weighted by Crippen LogP contribution is 2.39. The SMILES string of the molecule is C[C@H](OC(=O)CN1C(=O)N[C@]2(CCCc3ccccc32)C1=O)C(=O)NC1CC1. The van der Waals surface area contributed by atoms with E-state index in [1.54, 1.807) is 0 Å². The molecule has 3 aliphatic rings. The number of ether oxygens (including phenoxy) is 1. The molecule has 4 amide bonds. The number of nitrogens with one attached hydrogen (secondary N) is 2. The Morgan fingerprint density at radius 1 is 1.32 bits per heavy atom. The molecule has 1 aromatic carbocycles. The largest absolute Gasteiger partial charge is 0.451 e. The molecule has 2 aliphatic carbocycles. The van der Waals surface area contributed by atoms with Crippen molar-refractivity contribution in [2.24, 2.45) is 0 Å². The third kappa shape index (κ3) is 3.23. The maximum atomic E-state index is 13.1. The number of aryl methyl sites for hydroxylation is 1. The molecule has 4 rings (SSSR count). The monoisotopic (exact) mass is 385 g/mol. The summed E-state index contributed by atoms with van der Waals surface area (Å²) >= 11 is 0. The maximum Gasteiger partial charge on any atom is 0.327 e. The van der Waals surface area contributed by atoms with Crippen molar-refractivity contribution < 1.29 is 23.9 Å². The number of fused-ring (bicyclic) bond motifs is 2. The van der Waals surface area contributed by atoms with Gasteiger partial charge >= 0.3 is 12.0 Å². The van der Waals surface area contributed by atoms with Crippen molar-refractivity contribution in [1.29, 1.82) is 0 Å². The number of hydrogen-bond acceptors (Lipinski definition) is 5. The number of esters is 1. The number of imide groups is 1. The minimum atomic E-state index is -1.12. The lowest BCUT2D eigenvalue weighted by molar-refractivity contribution is -0.156. The van der Waals surface area contributed by atoms with E-state index in [-0.39, 0.29) is 11.9 Å². The van der Waals surface area contributed by atoms with Crippen molar-refractivity contribution in [3.8, 4) is 0 Å². The van der Waals surface area contributed by atoms with Crippen molar-refractivity contribution in [1.82, 2.24) is 15.5 Å². The molecule has 1 aliphatic heterocycles. The topological polar surface area (TPSA) is 105 Å². The van der Waals surface area contributed by atoms with Crippen LogP contribution in [-0.2, 0) is 31.1 Å². The highest BCUT2D eigenvalue weighted by atomic mass is 16.5. The van der Waals surface area contributed by atoms with Crippen LogP contribution in [0.25, 0.3) is 0 Å². The number of amides is 4. The quantitative estimate of drug-likeness (QED) is 0.581. The Balaban J connectivity index is 1.45. The van der Waals surface area contributed by atoms with Gasteiger partial charge in [0.25, 0.3) is 11.8 Å². The van der Waals surface area contributed by atoms with Gasteiger partial charge in [-0.15, -0.1) is 0 Å². The summed E-state index contributed by atoms with van der Waals surface area (Å²) in [6, 6.07) is 7.08. The second kappa shape index (κ2) is 6.92. The molecule has 8 nitrogen and oxygen atoms in total. The van der Waals surface area contributed by atoms with Gasteiger partial charge in [0.1, 0.15) is 12.1 Å². The Morgan fingerprint density at radius 3 is 2.82 bits per heavy atom. The fraction of sp³-hybridized carbons (Fsp3) is 0.500. The first kappa shape index (κ1) is 18.5. The van der Waals surface area contributed by atoms with Crippen LogP contribution in [0.2, 0.25) is 0 Å². The summed E-state index contributed by atoms with van der Waals surface area (Å²) in [7, 11) is 0. The number of urea groups is 1. The fourth-order valence-corrected chi connectivity index (χ4v) is 3.92. The summed E-state index contributed by atoms with van der Waals surface area (Å²) in [5, 5.41) is 5.54. The molecular weight excluding hydrogens is 362 g/mol. The zero-order valence-corrected chi connectivity index (χ0v) is 15.7. The summed E-state index contributed by atoms with van der Waals surface area (Å²) in [6.07, 6.45) is 2.98. The van der Waals surface area contributed by atoms with Crippen LogP contribution in [0.15, 0.2) is 24.3 Å². The van der Waals surface area contributed by atoms with Crippen LogP contribution in [0.5, 0.6) is 0 Å². The lowest BCUT2D eigenvalue weighted by Gasteiger charge is -2.33. The summed E-state index contributed by atoms with van der Waals surface area (Å²) in [4.78, 5) is 50.7. The lowest BCUT2D eigenvalue weighted by Crippen LogP contribution is -2.47. The minimum absolute atomic E-state index is 0.158. The second-order valence-electron chi connectivity index (χ2n) is 7.65. The van der Waals surface area contributed by atoms with Gasteiger partial charge in [0.2, 0.25) is 0 Å². The van der Waals surface area contributed by atoms with Gasteiger partial charge in [-0.1, -0.05) is 24.3 Å². The average molecular weight is 385 g/mol. The smallest absolute Gasteiger partial charge is 0.327 e. The summed E-state index contributed by atoms with van der Waals surface area (Å²) in [5.74, 6) is -1.61. The zero-order chi connectivity index (χ0) is 19.9. The lowest BCUT2D eigenvalue weighted by atomic mass is 9.76. The number of hydrogen-bond donors (Lipinski definition) is 2. The van der Waals surface area contributed by atoms with Gasteiger partial charge in [0, 0.05) is 6.04 Å². The van der Waals surface area contributed by atoms with Gasteiger partial charge < -0.3 is 15.4 Å². The number of benzene rings is 1. The van der Waals surface area contributed by atoms with Gasteiger partial charge in [0.05, 0.1) is 0 Å². The van der Waals surface area contributed by atoms with Crippen LogP contribution in [0.4, 0.5) is 4.79 Å². The van der Waals surface area contributed by atoms with Crippen molar-refractivity contribution in [2.75, 3.05) is 6.54 Å². The van der Waals surface area contributed by atoms with Crippen LogP contribution in [-0.4, -0.2) is 47.4 Å². The van der Waals surface area contributed by atoms with Crippen LogP contribution >= 0.6 is 0 Å². The first-order chi connectivity index (χ1) is 13.4. The Morgan fingerprint density at radius 2 is 2.07 bits per heavy atom. The molecule has 2 atom stereocenters. The average Bonchev–Trinajstić information content (AvgIpc) is 3.45. The van der Waals surface area contributed by atoms with E-state index in [9.17, 15) is 19.2 Å². The predicted molar refractivity (Wildman–Crippen MR) is 98.0 cm³/mol. The number of carbonyl (C=O) groups excluding carboxylic acids is 4. The molecule has 1 saturated carbocycles. The molecule has 0 radical (unpaired) electrons. The zero-order valence-electron chi connectivity index (χ0n) is 15.7. The van der Waals surface area contributed by atoms with E-state index in [4.69, 9.17) is 4.74 Å². The van der Waals surface area contributed by atoms with E-state index >= 15 is 0 Å². The standard InChI is InChI=1S/C20H23N3O5/c1-12(17(25)21-14-8-9-14)28-16(24)11-23-18(26)20(22-19(23)27)10-4-6-13-5-2-3-7-15(13)20/h2-3,5,7,12,14H,4,6,8-11H2,1H3,(H,21,25)(H,22,27)/t12-,20-/m0/s1. The number of rotatable bonds is 5. The van der Waals surface area contributed by atoms with E-state index in [2.05, 4.69) is 10.6 Å². The normalized spacial score (nSPS) is 24.5. The Hall–Kier alpha value is -2.90. The molecule has 148 valence electrons. The summed E-state index contributed by atoms with van der Waals surface area (Å²) < 4.78 is 5.12.